The van der Waals surface area contributed by atoms with Gasteiger partial charge in [-0.25, -0.2) is 0 Å². The number of benzene rings is 1. The summed E-state index contributed by atoms with van der Waals surface area (Å²) in [5, 5.41) is 21.2. The van der Waals surface area contributed by atoms with Gasteiger partial charge in [-0.05, 0) is 19.2 Å². The van der Waals surface area contributed by atoms with Crippen LogP contribution in [-0.2, 0) is 0 Å². The molecule has 0 bridgehead atoms. The summed E-state index contributed by atoms with van der Waals surface area (Å²) in [6.07, 6.45) is 0. The highest BCUT2D eigenvalue weighted by Gasteiger charge is 1.97. The van der Waals surface area contributed by atoms with Gasteiger partial charge in [-0.3, -0.25) is 0 Å². The summed E-state index contributed by atoms with van der Waals surface area (Å²) in [6, 6.07) is 4.33. The van der Waals surface area contributed by atoms with Crippen molar-refractivity contribution in [2.24, 2.45) is 0 Å². The lowest BCUT2D eigenvalue weighted by atomic mass is 10.2. The molecule has 68 valence electrons. The average Bonchev–Trinajstić information content (AvgIpc) is 2.09. The monoisotopic (exact) mass is 177 g/mol. The molecule has 0 aliphatic carbocycles. The molecular weight excluding hydrogens is 166 g/mol. The first-order valence-electron chi connectivity index (χ1n) is 3.89. The molecule has 0 saturated carbocycles. The van der Waals surface area contributed by atoms with Crippen LogP contribution < -0.4 is 5.32 Å². The quantitative estimate of drug-likeness (QED) is 0.552. The van der Waals surface area contributed by atoms with Crippen molar-refractivity contribution >= 4 is 0 Å². The molecule has 1 aromatic carbocycles. The van der Waals surface area contributed by atoms with Gasteiger partial charge in [0.05, 0.1) is 12.1 Å². The minimum atomic E-state index is 0.00334. The Kier molecular flexibility index (Phi) is 3.18. The molecule has 0 unspecified atom stereocenters. The lowest BCUT2D eigenvalue weighted by molar-refractivity contribution is 0.449. The van der Waals surface area contributed by atoms with Gasteiger partial charge in [0, 0.05) is 6.07 Å². The molecule has 1 aromatic rings. The first-order chi connectivity index (χ1) is 6.24. The molecule has 3 N–H and O–H groups in total. The number of phenolic OH excluding ortho intramolecular Hbond substituents is 2. The normalized spacial score (nSPS) is 9.00. The molecule has 0 amide bonds. The second kappa shape index (κ2) is 4.39. The Morgan fingerprint density at radius 2 is 2.15 bits per heavy atom. The maximum Gasteiger partial charge on any atom is 0.134 e. The predicted octanol–water partition coefficient (Wildman–Crippen LogP) is 0.669. The smallest absolute Gasteiger partial charge is 0.134 e. The number of phenols is 2. The number of rotatable bonds is 1. The van der Waals surface area contributed by atoms with Crippen molar-refractivity contribution in [2.75, 3.05) is 13.6 Å². The van der Waals surface area contributed by atoms with Crippen molar-refractivity contribution in [1.82, 2.24) is 5.32 Å². The Bertz CT molecular complexity index is 350. The fourth-order valence-corrected chi connectivity index (χ4v) is 0.854. The van der Waals surface area contributed by atoms with Gasteiger partial charge >= 0.3 is 0 Å². The van der Waals surface area contributed by atoms with Gasteiger partial charge in [0.1, 0.15) is 11.5 Å². The second-order valence-corrected chi connectivity index (χ2v) is 2.53. The molecule has 0 fully saturated rings. The highest BCUT2D eigenvalue weighted by Crippen LogP contribution is 2.21. The van der Waals surface area contributed by atoms with Gasteiger partial charge < -0.3 is 15.5 Å². The van der Waals surface area contributed by atoms with E-state index in [2.05, 4.69) is 17.2 Å². The van der Waals surface area contributed by atoms with Crippen molar-refractivity contribution in [3.8, 4) is 23.3 Å². The number of hydrogen-bond acceptors (Lipinski definition) is 3. The van der Waals surface area contributed by atoms with Gasteiger partial charge in [-0.1, -0.05) is 11.8 Å². The van der Waals surface area contributed by atoms with E-state index in [-0.39, 0.29) is 11.5 Å². The van der Waals surface area contributed by atoms with E-state index in [4.69, 9.17) is 5.11 Å². The second-order valence-electron chi connectivity index (χ2n) is 2.53. The van der Waals surface area contributed by atoms with Crippen molar-refractivity contribution in [2.45, 2.75) is 0 Å². The summed E-state index contributed by atoms with van der Waals surface area (Å²) in [4.78, 5) is 0. The van der Waals surface area contributed by atoms with Crippen LogP contribution in [0.4, 0.5) is 0 Å². The van der Waals surface area contributed by atoms with Crippen LogP contribution in [0.25, 0.3) is 0 Å². The summed E-state index contributed by atoms with van der Waals surface area (Å²) < 4.78 is 0. The van der Waals surface area contributed by atoms with Crippen LogP contribution in [0.3, 0.4) is 0 Å². The maximum absolute atomic E-state index is 9.31. The lowest BCUT2D eigenvalue weighted by Gasteiger charge is -1.96. The van der Waals surface area contributed by atoms with Crippen LogP contribution in [0.5, 0.6) is 11.5 Å². The first kappa shape index (κ1) is 9.43. The zero-order valence-electron chi connectivity index (χ0n) is 7.33. The topological polar surface area (TPSA) is 52.5 Å². The lowest BCUT2D eigenvalue weighted by Crippen LogP contribution is -2.04. The SMILES string of the molecule is CNCC#Cc1ccc(O)cc1O. The van der Waals surface area contributed by atoms with Crippen molar-refractivity contribution in [3.05, 3.63) is 23.8 Å². The van der Waals surface area contributed by atoms with Crippen molar-refractivity contribution < 1.29 is 10.2 Å². The van der Waals surface area contributed by atoms with Crippen LogP contribution in [0, 0.1) is 11.8 Å². The Morgan fingerprint density at radius 3 is 2.77 bits per heavy atom. The average molecular weight is 177 g/mol. The zero-order chi connectivity index (χ0) is 9.68. The maximum atomic E-state index is 9.31. The van der Waals surface area contributed by atoms with Crippen LogP contribution in [0.2, 0.25) is 0 Å². The van der Waals surface area contributed by atoms with E-state index in [9.17, 15) is 5.11 Å². The predicted molar refractivity (Wildman–Crippen MR) is 50.6 cm³/mol. The molecule has 13 heavy (non-hydrogen) atoms. The molecule has 0 heterocycles. The standard InChI is InChI=1S/C10H11NO2/c1-11-6-2-3-8-4-5-9(12)7-10(8)13/h4-5,7,11-13H,6H2,1H3. The highest BCUT2D eigenvalue weighted by molar-refractivity contribution is 5.48. The van der Waals surface area contributed by atoms with E-state index in [0.29, 0.717) is 12.1 Å². The molecule has 0 saturated heterocycles. The van der Waals surface area contributed by atoms with E-state index in [1.807, 2.05) is 0 Å². The molecule has 0 aromatic heterocycles. The van der Waals surface area contributed by atoms with E-state index in [0.717, 1.165) is 0 Å². The summed E-state index contributed by atoms with van der Waals surface area (Å²) in [6.45, 7) is 0.570. The Labute approximate surface area is 77.0 Å². The summed E-state index contributed by atoms with van der Waals surface area (Å²) in [5.74, 6) is 5.62. The molecule has 0 spiro atoms. The van der Waals surface area contributed by atoms with Crippen LogP contribution in [-0.4, -0.2) is 23.8 Å². The fraction of sp³-hybridized carbons (Fsp3) is 0.200. The number of nitrogens with one attached hydrogen (secondary N) is 1. The van der Waals surface area contributed by atoms with E-state index in [1.165, 1.54) is 12.1 Å². The zero-order valence-corrected chi connectivity index (χ0v) is 7.33. The highest BCUT2D eigenvalue weighted by atomic mass is 16.3. The molecule has 0 aliphatic heterocycles. The molecule has 0 atom stereocenters. The Balaban J connectivity index is 2.85. The molecule has 3 heteroatoms. The van der Waals surface area contributed by atoms with E-state index >= 15 is 0 Å². The fourth-order valence-electron chi connectivity index (χ4n) is 0.854. The Hall–Kier alpha value is -1.66. The summed E-state index contributed by atoms with van der Waals surface area (Å²) in [7, 11) is 1.80. The van der Waals surface area contributed by atoms with Crippen molar-refractivity contribution in [3.63, 3.8) is 0 Å². The van der Waals surface area contributed by atoms with E-state index < -0.39 is 0 Å². The molecule has 0 aliphatic rings. The van der Waals surface area contributed by atoms with Gasteiger partial charge in [0.2, 0.25) is 0 Å². The minimum absolute atomic E-state index is 0.00334. The summed E-state index contributed by atoms with van der Waals surface area (Å²) >= 11 is 0. The van der Waals surface area contributed by atoms with Gasteiger partial charge in [-0.2, -0.15) is 0 Å². The van der Waals surface area contributed by atoms with Crippen LogP contribution >= 0.6 is 0 Å². The largest absolute Gasteiger partial charge is 0.508 e. The number of hydrogen-bond donors (Lipinski definition) is 3. The van der Waals surface area contributed by atoms with E-state index in [1.54, 1.807) is 13.1 Å². The molecule has 0 radical (unpaired) electrons. The van der Waals surface area contributed by atoms with Gasteiger partial charge in [0.15, 0.2) is 0 Å². The Morgan fingerprint density at radius 1 is 1.38 bits per heavy atom. The molecule has 1 rings (SSSR count). The third-order valence-corrected chi connectivity index (χ3v) is 1.47. The molecule has 3 nitrogen and oxygen atoms in total. The number of aromatic hydroxyl groups is 2. The first-order valence-corrected chi connectivity index (χ1v) is 3.89. The third kappa shape index (κ3) is 2.69. The van der Waals surface area contributed by atoms with Crippen LogP contribution in [0.1, 0.15) is 5.56 Å². The van der Waals surface area contributed by atoms with Gasteiger partial charge in [0.25, 0.3) is 0 Å². The van der Waals surface area contributed by atoms with Gasteiger partial charge in [-0.15, -0.1) is 0 Å². The third-order valence-electron chi connectivity index (χ3n) is 1.47. The summed E-state index contributed by atoms with van der Waals surface area (Å²) in [5.41, 5.74) is 0.521. The molecular formula is C10H11NO2. The van der Waals surface area contributed by atoms with Crippen molar-refractivity contribution in [1.29, 1.82) is 0 Å². The van der Waals surface area contributed by atoms with Crippen LogP contribution in [0.15, 0.2) is 18.2 Å². The minimum Gasteiger partial charge on any atom is -0.508 e.